The summed E-state index contributed by atoms with van der Waals surface area (Å²) in [7, 11) is 0. The van der Waals surface area contributed by atoms with E-state index < -0.39 is 0 Å². The van der Waals surface area contributed by atoms with Crippen molar-refractivity contribution in [3.63, 3.8) is 0 Å². The molecule has 1 N–H and O–H groups in total. The summed E-state index contributed by atoms with van der Waals surface area (Å²) in [5.74, 6) is -0.583. The van der Waals surface area contributed by atoms with Crippen LogP contribution in [-0.4, -0.2) is 20.7 Å². The monoisotopic (exact) mass is 344 g/mol. The average molecular weight is 344 g/mol. The van der Waals surface area contributed by atoms with Gasteiger partial charge in [0.25, 0.3) is 5.91 Å². The topological polar surface area (TPSA) is 69.0 Å². The molecule has 0 saturated heterocycles. The van der Waals surface area contributed by atoms with Crippen molar-refractivity contribution >= 4 is 22.4 Å². The molecule has 3 heterocycles. The number of hydrogen-bond donors (Lipinski definition) is 1. The molecule has 1 aliphatic rings. The van der Waals surface area contributed by atoms with Gasteiger partial charge in [0.05, 0.1) is 18.8 Å². The minimum atomic E-state index is -0.301. The molecule has 1 amide bonds. The molecule has 1 aromatic carbocycles. The molecule has 0 aliphatic carbocycles. The maximum Gasteiger partial charge on any atom is 0.277 e. The Morgan fingerprint density at radius 2 is 2.21 bits per heavy atom. The van der Waals surface area contributed by atoms with Crippen LogP contribution in [0.4, 0.5) is 9.52 Å². The number of rotatable bonds is 3. The van der Waals surface area contributed by atoms with E-state index in [0.29, 0.717) is 24.0 Å². The molecule has 0 bridgehead atoms. The van der Waals surface area contributed by atoms with Crippen LogP contribution in [0, 0.1) is 5.82 Å². The third kappa shape index (κ3) is 2.93. The van der Waals surface area contributed by atoms with Crippen LogP contribution in [0.15, 0.2) is 41.9 Å². The van der Waals surface area contributed by atoms with Gasteiger partial charge in [-0.3, -0.25) is 14.8 Å². The summed E-state index contributed by atoms with van der Waals surface area (Å²) in [5, 5.41) is 9.38. The van der Waals surface area contributed by atoms with E-state index in [1.54, 1.807) is 34.5 Å². The van der Waals surface area contributed by atoms with Gasteiger partial charge in [-0.05, 0) is 23.8 Å². The van der Waals surface area contributed by atoms with Gasteiger partial charge in [-0.1, -0.05) is 12.1 Å². The van der Waals surface area contributed by atoms with Crippen LogP contribution < -0.4 is 5.32 Å². The van der Waals surface area contributed by atoms with E-state index >= 15 is 0 Å². The SMILES string of the molecule is O=C(Nc1nccs1)c1cc2n(n1)C[C@H](c1ccc(F)cc1)OC2. The maximum atomic E-state index is 13.0. The van der Waals surface area contributed by atoms with E-state index in [9.17, 15) is 9.18 Å². The molecule has 1 atom stereocenters. The van der Waals surface area contributed by atoms with Crippen LogP contribution >= 0.6 is 11.3 Å². The first-order chi connectivity index (χ1) is 11.7. The number of aromatic nitrogens is 3. The van der Waals surface area contributed by atoms with Gasteiger partial charge >= 0.3 is 0 Å². The number of ether oxygens (including phenoxy) is 1. The Labute approximate surface area is 140 Å². The van der Waals surface area contributed by atoms with Crippen molar-refractivity contribution in [3.8, 4) is 0 Å². The summed E-state index contributed by atoms with van der Waals surface area (Å²) >= 11 is 1.35. The van der Waals surface area contributed by atoms with E-state index in [1.165, 1.54) is 23.5 Å². The van der Waals surface area contributed by atoms with Crippen molar-refractivity contribution < 1.29 is 13.9 Å². The fraction of sp³-hybridized carbons (Fsp3) is 0.188. The summed E-state index contributed by atoms with van der Waals surface area (Å²) < 4.78 is 20.6. The standard InChI is InChI=1S/C16H13FN4O2S/c17-11-3-1-10(2-4-11)14-8-21-12(9-23-14)7-13(20-21)15(22)19-16-18-5-6-24-16/h1-7,14H,8-9H2,(H,18,19,22)/t14-/m1/s1. The molecule has 24 heavy (non-hydrogen) atoms. The number of nitrogens with one attached hydrogen (secondary N) is 1. The highest BCUT2D eigenvalue weighted by Gasteiger charge is 2.24. The number of nitrogens with zero attached hydrogens (tertiary/aromatic N) is 3. The first-order valence-electron chi connectivity index (χ1n) is 7.34. The summed E-state index contributed by atoms with van der Waals surface area (Å²) in [6, 6.07) is 7.92. The number of carbonyl (C=O) groups excluding carboxylic acids is 1. The number of amides is 1. The Hall–Kier alpha value is -2.58. The van der Waals surface area contributed by atoms with Crippen LogP contribution in [0.2, 0.25) is 0 Å². The Balaban J connectivity index is 1.51. The molecule has 0 radical (unpaired) electrons. The third-order valence-electron chi connectivity index (χ3n) is 3.76. The number of halogens is 1. The van der Waals surface area contributed by atoms with E-state index in [2.05, 4.69) is 15.4 Å². The van der Waals surface area contributed by atoms with E-state index in [0.717, 1.165) is 11.3 Å². The van der Waals surface area contributed by atoms with Crippen molar-refractivity contribution in [1.29, 1.82) is 0 Å². The van der Waals surface area contributed by atoms with E-state index in [4.69, 9.17) is 4.74 Å². The summed E-state index contributed by atoms with van der Waals surface area (Å²) in [5.41, 5.74) is 2.03. The van der Waals surface area contributed by atoms with Crippen LogP contribution in [0.5, 0.6) is 0 Å². The smallest absolute Gasteiger partial charge is 0.277 e. The molecular weight excluding hydrogens is 331 g/mol. The van der Waals surface area contributed by atoms with Gasteiger partial charge in [-0.25, -0.2) is 9.37 Å². The summed E-state index contributed by atoms with van der Waals surface area (Å²) in [6.45, 7) is 0.824. The van der Waals surface area contributed by atoms with Crippen molar-refractivity contribution in [1.82, 2.24) is 14.8 Å². The van der Waals surface area contributed by atoms with Gasteiger partial charge in [0.15, 0.2) is 10.8 Å². The number of benzene rings is 1. The van der Waals surface area contributed by atoms with Gasteiger partial charge in [0.1, 0.15) is 11.9 Å². The molecule has 2 aromatic heterocycles. The number of carbonyl (C=O) groups is 1. The number of fused-ring (bicyclic) bond motifs is 1. The lowest BCUT2D eigenvalue weighted by molar-refractivity contribution is -0.00122. The molecule has 0 saturated carbocycles. The lowest BCUT2D eigenvalue weighted by atomic mass is 10.1. The highest BCUT2D eigenvalue weighted by Crippen LogP contribution is 2.27. The Morgan fingerprint density at radius 1 is 1.38 bits per heavy atom. The first-order valence-corrected chi connectivity index (χ1v) is 8.21. The second-order valence-electron chi connectivity index (χ2n) is 5.35. The van der Waals surface area contributed by atoms with Gasteiger partial charge < -0.3 is 4.74 Å². The highest BCUT2D eigenvalue weighted by atomic mass is 32.1. The van der Waals surface area contributed by atoms with Crippen LogP contribution in [-0.2, 0) is 17.9 Å². The number of thiazole rings is 1. The van der Waals surface area contributed by atoms with Gasteiger partial charge in [0, 0.05) is 11.6 Å². The fourth-order valence-corrected chi connectivity index (χ4v) is 3.09. The first kappa shape index (κ1) is 15.0. The predicted molar refractivity (Wildman–Crippen MR) is 86.2 cm³/mol. The van der Waals surface area contributed by atoms with Gasteiger partial charge in [0.2, 0.25) is 0 Å². The van der Waals surface area contributed by atoms with Crippen LogP contribution in [0.25, 0.3) is 0 Å². The Bertz CT molecular complexity index is 861. The van der Waals surface area contributed by atoms with Crippen LogP contribution in [0.1, 0.15) is 27.8 Å². The Morgan fingerprint density at radius 3 is 2.96 bits per heavy atom. The van der Waals surface area contributed by atoms with Gasteiger partial charge in [-0.15, -0.1) is 11.3 Å². The molecule has 1 aliphatic heterocycles. The predicted octanol–water partition coefficient (Wildman–Crippen LogP) is 3.00. The second kappa shape index (κ2) is 6.14. The number of hydrogen-bond acceptors (Lipinski definition) is 5. The zero-order valence-corrected chi connectivity index (χ0v) is 13.3. The molecule has 0 spiro atoms. The van der Waals surface area contributed by atoms with E-state index in [-0.39, 0.29) is 17.8 Å². The normalized spacial score (nSPS) is 16.6. The highest BCUT2D eigenvalue weighted by molar-refractivity contribution is 7.13. The quantitative estimate of drug-likeness (QED) is 0.793. The van der Waals surface area contributed by atoms with Crippen molar-refractivity contribution in [2.75, 3.05) is 5.32 Å². The molecular formula is C16H13FN4O2S. The number of anilines is 1. The second-order valence-corrected chi connectivity index (χ2v) is 6.24. The van der Waals surface area contributed by atoms with Crippen molar-refractivity contribution in [2.45, 2.75) is 19.3 Å². The minimum absolute atomic E-state index is 0.215. The van der Waals surface area contributed by atoms with Crippen molar-refractivity contribution in [2.24, 2.45) is 0 Å². The molecule has 6 nitrogen and oxygen atoms in total. The lowest BCUT2D eigenvalue weighted by Gasteiger charge is -2.24. The zero-order valence-electron chi connectivity index (χ0n) is 12.5. The molecule has 0 unspecified atom stereocenters. The molecule has 8 heteroatoms. The average Bonchev–Trinajstić information content (AvgIpc) is 3.24. The Kier molecular flexibility index (Phi) is 3.83. The lowest BCUT2D eigenvalue weighted by Crippen LogP contribution is -2.22. The molecule has 122 valence electrons. The largest absolute Gasteiger partial charge is 0.365 e. The summed E-state index contributed by atoms with van der Waals surface area (Å²) in [6.07, 6.45) is 1.41. The molecule has 4 rings (SSSR count). The van der Waals surface area contributed by atoms with Crippen LogP contribution in [0.3, 0.4) is 0 Å². The minimum Gasteiger partial charge on any atom is -0.365 e. The van der Waals surface area contributed by atoms with Gasteiger partial charge in [-0.2, -0.15) is 5.10 Å². The maximum absolute atomic E-state index is 13.0. The fourth-order valence-electron chi connectivity index (χ4n) is 2.56. The zero-order chi connectivity index (χ0) is 16.5. The summed E-state index contributed by atoms with van der Waals surface area (Å²) in [4.78, 5) is 16.2. The van der Waals surface area contributed by atoms with Crippen molar-refractivity contribution in [3.05, 3.63) is 64.7 Å². The molecule has 0 fully saturated rings. The molecule has 3 aromatic rings. The third-order valence-corrected chi connectivity index (χ3v) is 4.45. The van der Waals surface area contributed by atoms with E-state index in [1.807, 2.05) is 0 Å².